The van der Waals surface area contributed by atoms with Crippen LogP contribution in [0.15, 0.2) is 12.7 Å². The lowest BCUT2D eigenvalue weighted by Gasteiger charge is -2.35. The van der Waals surface area contributed by atoms with Crippen molar-refractivity contribution >= 4 is 11.9 Å². The van der Waals surface area contributed by atoms with Gasteiger partial charge < -0.3 is 9.47 Å². The van der Waals surface area contributed by atoms with Crippen molar-refractivity contribution in [2.24, 2.45) is 0 Å². The number of esters is 2. The van der Waals surface area contributed by atoms with Gasteiger partial charge in [-0.1, -0.05) is 19.9 Å². The van der Waals surface area contributed by atoms with E-state index in [4.69, 9.17) is 9.47 Å². The lowest BCUT2D eigenvalue weighted by Crippen LogP contribution is -2.42. The Hall–Kier alpha value is -1.32. The number of rotatable bonds is 4. The number of cyclic esters (lactones) is 1. The minimum Gasteiger partial charge on any atom is -0.465 e. The monoisotopic (exact) mass is 212 g/mol. The fraction of sp³-hybridized carbons (Fsp3) is 0.636. The number of hydrogen-bond donors (Lipinski definition) is 0. The molecule has 4 heteroatoms. The summed E-state index contributed by atoms with van der Waals surface area (Å²) in [5.41, 5.74) is -0.671. The van der Waals surface area contributed by atoms with Crippen LogP contribution in [0.3, 0.4) is 0 Å². The molecule has 0 saturated carbocycles. The Morgan fingerprint density at radius 2 is 2.47 bits per heavy atom. The molecule has 1 atom stereocenters. The Morgan fingerprint density at radius 3 is 3.00 bits per heavy atom. The fourth-order valence-corrected chi connectivity index (χ4v) is 1.82. The van der Waals surface area contributed by atoms with Gasteiger partial charge in [0.15, 0.2) is 0 Å². The summed E-state index contributed by atoms with van der Waals surface area (Å²) >= 11 is 0. The zero-order valence-electron chi connectivity index (χ0n) is 8.95. The van der Waals surface area contributed by atoms with Crippen molar-refractivity contribution in [3.63, 3.8) is 0 Å². The first-order valence-corrected chi connectivity index (χ1v) is 5.13. The molecule has 1 saturated heterocycles. The van der Waals surface area contributed by atoms with Crippen molar-refractivity contribution in [3.8, 4) is 0 Å². The third-order valence-corrected chi connectivity index (χ3v) is 2.48. The zero-order chi connectivity index (χ0) is 11.3. The van der Waals surface area contributed by atoms with E-state index in [1.165, 1.54) is 0 Å². The van der Waals surface area contributed by atoms with Crippen LogP contribution in [0.5, 0.6) is 0 Å². The highest BCUT2D eigenvalue weighted by Gasteiger charge is 2.39. The molecule has 1 aliphatic heterocycles. The molecule has 0 aromatic rings. The van der Waals surface area contributed by atoms with Gasteiger partial charge in [0.2, 0.25) is 0 Å². The van der Waals surface area contributed by atoms with Gasteiger partial charge in [-0.2, -0.15) is 0 Å². The number of carbonyl (C=O) groups excluding carboxylic acids is 2. The van der Waals surface area contributed by atoms with E-state index in [2.05, 4.69) is 6.58 Å². The van der Waals surface area contributed by atoms with Crippen LogP contribution in [0, 0.1) is 0 Å². The van der Waals surface area contributed by atoms with Crippen molar-refractivity contribution < 1.29 is 19.1 Å². The van der Waals surface area contributed by atoms with Gasteiger partial charge in [0.1, 0.15) is 5.60 Å². The molecule has 84 valence electrons. The smallest absolute Gasteiger partial charge is 0.330 e. The minimum atomic E-state index is -0.671. The molecule has 0 spiro atoms. The second-order valence-corrected chi connectivity index (χ2v) is 3.71. The molecule has 0 aromatic heterocycles. The zero-order valence-corrected chi connectivity index (χ0v) is 8.95. The van der Waals surface area contributed by atoms with Crippen LogP contribution >= 0.6 is 0 Å². The minimum absolute atomic E-state index is 0.153. The Labute approximate surface area is 89.2 Å². The number of ether oxygens (including phenoxy) is 2. The van der Waals surface area contributed by atoms with E-state index in [1.54, 1.807) is 0 Å². The first-order chi connectivity index (χ1) is 7.12. The van der Waals surface area contributed by atoms with E-state index < -0.39 is 11.6 Å². The van der Waals surface area contributed by atoms with Gasteiger partial charge in [-0.15, -0.1) is 0 Å². The summed E-state index contributed by atoms with van der Waals surface area (Å²) < 4.78 is 10.1. The molecule has 0 N–H and O–H groups in total. The molecule has 0 amide bonds. The molecule has 1 rings (SSSR count). The average molecular weight is 212 g/mol. The topological polar surface area (TPSA) is 52.6 Å². The first-order valence-electron chi connectivity index (χ1n) is 5.13. The molecule has 1 unspecified atom stereocenters. The van der Waals surface area contributed by atoms with Crippen molar-refractivity contribution in [2.45, 2.75) is 38.2 Å². The van der Waals surface area contributed by atoms with E-state index in [9.17, 15) is 9.59 Å². The molecule has 0 aromatic carbocycles. The normalized spacial score (nSPS) is 25.5. The SMILES string of the molecule is C=CC(=O)OC1(CCC)CCOC(=O)C1. The molecule has 4 nitrogen and oxygen atoms in total. The third kappa shape index (κ3) is 3.08. The summed E-state index contributed by atoms with van der Waals surface area (Å²) in [4.78, 5) is 22.4. The Balaban J connectivity index is 2.72. The van der Waals surface area contributed by atoms with E-state index >= 15 is 0 Å². The molecule has 1 heterocycles. The second kappa shape index (κ2) is 4.96. The summed E-state index contributed by atoms with van der Waals surface area (Å²) in [6, 6.07) is 0. The molecule has 1 aliphatic rings. The molecule has 15 heavy (non-hydrogen) atoms. The first kappa shape index (κ1) is 11.8. The summed E-state index contributed by atoms with van der Waals surface area (Å²) in [6.45, 7) is 5.66. The molecular weight excluding hydrogens is 196 g/mol. The predicted octanol–water partition coefficient (Wildman–Crippen LogP) is 1.59. The van der Waals surface area contributed by atoms with E-state index in [1.807, 2.05) is 6.92 Å². The number of hydrogen-bond acceptors (Lipinski definition) is 4. The van der Waals surface area contributed by atoms with Gasteiger partial charge in [0.05, 0.1) is 13.0 Å². The van der Waals surface area contributed by atoms with Crippen LogP contribution in [0.25, 0.3) is 0 Å². The van der Waals surface area contributed by atoms with Gasteiger partial charge in [0, 0.05) is 12.5 Å². The van der Waals surface area contributed by atoms with Crippen molar-refractivity contribution in [1.29, 1.82) is 0 Å². The van der Waals surface area contributed by atoms with Gasteiger partial charge in [0.25, 0.3) is 0 Å². The Bertz CT molecular complexity index is 268. The summed E-state index contributed by atoms with van der Waals surface area (Å²) in [6.07, 6.45) is 3.39. The molecule has 0 aliphatic carbocycles. The molecule has 0 radical (unpaired) electrons. The third-order valence-electron chi connectivity index (χ3n) is 2.48. The van der Waals surface area contributed by atoms with E-state index in [-0.39, 0.29) is 12.4 Å². The van der Waals surface area contributed by atoms with Crippen LogP contribution in [0.1, 0.15) is 32.6 Å². The maximum Gasteiger partial charge on any atom is 0.330 e. The highest BCUT2D eigenvalue weighted by molar-refractivity contribution is 5.82. The maximum absolute atomic E-state index is 11.2. The largest absolute Gasteiger partial charge is 0.465 e. The lowest BCUT2D eigenvalue weighted by molar-refractivity contribution is -0.175. The Morgan fingerprint density at radius 1 is 1.73 bits per heavy atom. The molecule has 0 bridgehead atoms. The summed E-state index contributed by atoms with van der Waals surface area (Å²) in [5.74, 6) is -0.773. The van der Waals surface area contributed by atoms with Crippen molar-refractivity contribution in [2.75, 3.05) is 6.61 Å². The van der Waals surface area contributed by atoms with Gasteiger partial charge in [-0.3, -0.25) is 4.79 Å². The number of carbonyl (C=O) groups is 2. The van der Waals surface area contributed by atoms with Crippen LogP contribution in [0.4, 0.5) is 0 Å². The van der Waals surface area contributed by atoms with Gasteiger partial charge in [-0.25, -0.2) is 4.79 Å². The van der Waals surface area contributed by atoms with Gasteiger partial charge in [-0.05, 0) is 6.42 Å². The summed E-state index contributed by atoms with van der Waals surface area (Å²) in [7, 11) is 0. The summed E-state index contributed by atoms with van der Waals surface area (Å²) in [5, 5.41) is 0. The quantitative estimate of drug-likeness (QED) is 0.524. The second-order valence-electron chi connectivity index (χ2n) is 3.71. The van der Waals surface area contributed by atoms with Crippen LogP contribution < -0.4 is 0 Å². The highest BCUT2D eigenvalue weighted by atomic mass is 16.6. The standard InChI is InChI=1S/C11H16O4/c1-3-5-11(15-9(12)4-2)6-7-14-10(13)8-11/h4H,2-3,5-8H2,1H3. The van der Waals surface area contributed by atoms with E-state index in [0.29, 0.717) is 19.4 Å². The van der Waals surface area contributed by atoms with E-state index in [0.717, 1.165) is 12.5 Å². The molecule has 1 fully saturated rings. The molecular formula is C11H16O4. The van der Waals surface area contributed by atoms with Crippen molar-refractivity contribution in [1.82, 2.24) is 0 Å². The fourth-order valence-electron chi connectivity index (χ4n) is 1.82. The van der Waals surface area contributed by atoms with Crippen molar-refractivity contribution in [3.05, 3.63) is 12.7 Å². The van der Waals surface area contributed by atoms with Crippen LogP contribution in [-0.2, 0) is 19.1 Å². The predicted molar refractivity (Wildman–Crippen MR) is 54.1 cm³/mol. The highest BCUT2D eigenvalue weighted by Crippen LogP contribution is 2.30. The lowest BCUT2D eigenvalue weighted by atomic mass is 9.89. The Kier molecular flexibility index (Phi) is 3.88. The average Bonchev–Trinajstić information content (AvgIpc) is 2.17. The van der Waals surface area contributed by atoms with Crippen LogP contribution in [0.2, 0.25) is 0 Å². The van der Waals surface area contributed by atoms with Crippen LogP contribution in [-0.4, -0.2) is 24.1 Å². The van der Waals surface area contributed by atoms with Gasteiger partial charge >= 0.3 is 11.9 Å². The maximum atomic E-state index is 11.2.